The molecule has 1 aromatic heterocycles. The molecule has 2 rings (SSSR count). The Bertz CT molecular complexity index is 955. The topological polar surface area (TPSA) is 122 Å². The van der Waals surface area contributed by atoms with Crippen LogP contribution in [0, 0.1) is 11.3 Å². The number of benzene rings is 1. The highest BCUT2D eigenvalue weighted by atomic mass is 32.2. The number of primary amides is 1. The van der Waals surface area contributed by atoms with Crippen molar-refractivity contribution in [3.8, 4) is 6.07 Å². The van der Waals surface area contributed by atoms with Crippen molar-refractivity contribution in [1.82, 2.24) is 9.97 Å². The Morgan fingerprint density at radius 3 is 2.43 bits per heavy atom. The van der Waals surface area contributed by atoms with Gasteiger partial charge in [-0.05, 0) is 38.3 Å². The fourth-order valence-corrected chi connectivity index (χ4v) is 3.02. The summed E-state index contributed by atoms with van der Waals surface area (Å²) in [7, 11) is 0. The smallest absolute Gasteiger partial charge is 0.368 e. The lowest BCUT2D eigenvalue weighted by Crippen LogP contribution is -2.52. The summed E-state index contributed by atoms with van der Waals surface area (Å²) >= 11 is 1.11. The van der Waals surface area contributed by atoms with E-state index in [-0.39, 0.29) is 28.0 Å². The second kappa shape index (κ2) is 7.55. The molecule has 11 heteroatoms. The van der Waals surface area contributed by atoms with Gasteiger partial charge in [0.25, 0.3) is 0 Å². The van der Waals surface area contributed by atoms with Crippen LogP contribution in [0.3, 0.4) is 0 Å². The van der Waals surface area contributed by atoms with Gasteiger partial charge in [0.15, 0.2) is 5.82 Å². The van der Waals surface area contributed by atoms with Crippen molar-refractivity contribution < 1.29 is 18.0 Å². The first kappa shape index (κ1) is 21.3. The first-order chi connectivity index (χ1) is 12.9. The van der Waals surface area contributed by atoms with Gasteiger partial charge in [0.1, 0.15) is 22.2 Å². The summed E-state index contributed by atoms with van der Waals surface area (Å²) in [5, 5.41) is 9.82. The normalized spacial score (nSPS) is 11.8. The predicted molar refractivity (Wildman–Crippen MR) is 99.8 cm³/mol. The van der Waals surface area contributed by atoms with Gasteiger partial charge in [-0.15, -0.1) is 11.8 Å². The van der Waals surface area contributed by atoms with Crippen molar-refractivity contribution in [2.45, 2.75) is 30.6 Å². The summed E-state index contributed by atoms with van der Waals surface area (Å²) in [5.74, 6) is -1.14. The summed E-state index contributed by atoms with van der Waals surface area (Å²) < 4.78 is 39.6. The lowest BCUT2D eigenvalue weighted by atomic mass is 9.99. The number of thioether (sulfide) groups is 1. The van der Waals surface area contributed by atoms with Crippen molar-refractivity contribution >= 4 is 35.1 Å². The molecule has 0 saturated heterocycles. The van der Waals surface area contributed by atoms with Crippen LogP contribution in [0.25, 0.3) is 0 Å². The minimum absolute atomic E-state index is 0.0275. The Morgan fingerprint density at radius 2 is 1.93 bits per heavy atom. The molecule has 1 aromatic carbocycles. The Morgan fingerprint density at radius 1 is 1.29 bits per heavy atom. The minimum atomic E-state index is -4.61. The van der Waals surface area contributed by atoms with Crippen molar-refractivity contribution in [3.05, 3.63) is 35.4 Å². The number of amides is 1. The molecule has 0 spiro atoms. The molecule has 28 heavy (non-hydrogen) atoms. The predicted octanol–water partition coefficient (Wildman–Crippen LogP) is 3.07. The SMILES string of the molecule is CSc1nc(N)nc(N(c2cccc(C(F)(F)F)c2)C(C)(C)C(N)=O)c1C#N. The fourth-order valence-electron chi connectivity index (χ4n) is 2.49. The summed E-state index contributed by atoms with van der Waals surface area (Å²) in [4.78, 5) is 21.3. The van der Waals surface area contributed by atoms with Gasteiger partial charge in [0, 0.05) is 5.69 Å². The van der Waals surface area contributed by atoms with E-state index >= 15 is 0 Å². The number of nitrogen functional groups attached to an aromatic ring is 1. The summed E-state index contributed by atoms with van der Waals surface area (Å²) in [6.45, 7) is 2.82. The number of carbonyl (C=O) groups excluding carboxylic acids is 1. The highest BCUT2D eigenvalue weighted by molar-refractivity contribution is 7.98. The number of rotatable bonds is 5. The molecule has 2 aromatic rings. The number of alkyl halides is 3. The molecule has 4 N–H and O–H groups in total. The maximum Gasteiger partial charge on any atom is 0.416 e. The molecular weight excluding hydrogens is 393 g/mol. The van der Waals surface area contributed by atoms with Gasteiger partial charge in [-0.3, -0.25) is 4.79 Å². The molecule has 0 aliphatic rings. The number of hydrogen-bond donors (Lipinski definition) is 2. The van der Waals surface area contributed by atoms with Crippen LogP contribution in [0.15, 0.2) is 29.3 Å². The Balaban J connectivity index is 2.87. The van der Waals surface area contributed by atoms with Gasteiger partial charge in [0.2, 0.25) is 11.9 Å². The molecule has 0 bridgehead atoms. The van der Waals surface area contributed by atoms with Gasteiger partial charge in [-0.25, -0.2) is 4.98 Å². The summed E-state index contributed by atoms with van der Waals surface area (Å²) in [6, 6.07) is 6.22. The second-order valence-corrected chi connectivity index (χ2v) is 7.00. The molecule has 7 nitrogen and oxygen atoms in total. The highest BCUT2D eigenvalue weighted by Crippen LogP contribution is 2.39. The zero-order valence-corrected chi connectivity index (χ0v) is 16.0. The monoisotopic (exact) mass is 410 g/mol. The lowest BCUT2D eigenvalue weighted by molar-refractivity contribution is -0.137. The largest absolute Gasteiger partial charge is 0.416 e. The first-order valence-corrected chi connectivity index (χ1v) is 9.05. The number of halogens is 3. The molecular formula is C17H17F3N6OS. The molecule has 0 fully saturated rings. The molecule has 1 amide bonds. The van der Waals surface area contributed by atoms with Crippen LogP contribution >= 0.6 is 11.8 Å². The molecule has 0 atom stereocenters. The molecule has 1 heterocycles. The zero-order valence-electron chi connectivity index (χ0n) is 15.2. The van der Waals surface area contributed by atoms with E-state index in [1.807, 2.05) is 6.07 Å². The van der Waals surface area contributed by atoms with Crippen LogP contribution in [-0.2, 0) is 11.0 Å². The molecule has 148 valence electrons. The van der Waals surface area contributed by atoms with Crippen LogP contribution in [0.4, 0.5) is 30.6 Å². The standard InChI is InChI=1S/C17H17F3N6OS/c1-16(2,14(22)27)26(10-6-4-5-9(7-10)17(18,19)20)12-11(8-21)13(28-3)25-15(23)24-12/h4-7H,1-3H3,(H2,22,27)(H2,23,24,25). The molecule has 0 unspecified atom stereocenters. The van der Waals surface area contributed by atoms with Crippen molar-refractivity contribution in [2.24, 2.45) is 5.73 Å². The molecule has 0 radical (unpaired) electrons. The molecule has 0 aliphatic carbocycles. The van der Waals surface area contributed by atoms with E-state index in [1.54, 1.807) is 6.26 Å². The van der Waals surface area contributed by atoms with Gasteiger partial charge in [0.05, 0.1) is 5.56 Å². The number of nitrogens with zero attached hydrogens (tertiary/aromatic N) is 4. The zero-order chi connectivity index (χ0) is 21.3. The first-order valence-electron chi connectivity index (χ1n) is 7.82. The average molecular weight is 410 g/mol. The van der Waals surface area contributed by atoms with E-state index in [0.29, 0.717) is 0 Å². The summed E-state index contributed by atoms with van der Waals surface area (Å²) in [5.41, 5.74) is 8.70. The third-order valence-electron chi connectivity index (χ3n) is 3.98. The van der Waals surface area contributed by atoms with Crippen molar-refractivity contribution in [2.75, 3.05) is 16.9 Å². The number of carbonyl (C=O) groups is 1. The number of nitriles is 1. The number of nitrogens with two attached hydrogens (primary N) is 2. The highest BCUT2D eigenvalue weighted by Gasteiger charge is 2.39. The van der Waals surface area contributed by atoms with Crippen LogP contribution in [-0.4, -0.2) is 27.7 Å². The van der Waals surface area contributed by atoms with Crippen molar-refractivity contribution in [1.29, 1.82) is 5.26 Å². The number of aromatic nitrogens is 2. The average Bonchev–Trinajstić information content (AvgIpc) is 2.60. The fraction of sp³-hybridized carbons (Fsp3) is 0.294. The van der Waals surface area contributed by atoms with Gasteiger partial charge in [-0.2, -0.15) is 23.4 Å². The van der Waals surface area contributed by atoms with Crippen molar-refractivity contribution in [3.63, 3.8) is 0 Å². The van der Waals surface area contributed by atoms with E-state index in [2.05, 4.69) is 9.97 Å². The van der Waals surface area contributed by atoms with Gasteiger partial charge >= 0.3 is 6.18 Å². The number of hydrogen-bond acceptors (Lipinski definition) is 7. The number of anilines is 3. The quantitative estimate of drug-likeness (QED) is 0.574. The van der Waals surface area contributed by atoms with E-state index in [1.165, 1.54) is 30.9 Å². The van der Waals surface area contributed by atoms with Gasteiger partial charge in [-0.1, -0.05) is 6.07 Å². The van der Waals surface area contributed by atoms with Crippen LogP contribution < -0.4 is 16.4 Å². The van der Waals surface area contributed by atoms with Gasteiger partial charge < -0.3 is 16.4 Å². The summed E-state index contributed by atoms with van der Waals surface area (Å²) in [6.07, 6.45) is -2.95. The third kappa shape index (κ3) is 3.96. The lowest BCUT2D eigenvalue weighted by Gasteiger charge is -2.37. The Labute approximate surface area is 163 Å². The van der Waals surface area contributed by atoms with E-state index in [9.17, 15) is 23.2 Å². The van der Waals surface area contributed by atoms with Crippen LogP contribution in [0.5, 0.6) is 0 Å². The third-order valence-corrected chi connectivity index (χ3v) is 4.67. The van der Waals surface area contributed by atoms with E-state index in [0.717, 1.165) is 23.9 Å². The van der Waals surface area contributed by atoms with Crippen LogP contribution in [0.1, 0.15) is 25.0 Å². The maximum absolute atomic E-state index is 13.2. The van der Waals surface area contributed by atoms with Crippen LogP contribution in [0.2, 0.25) is 0 Å². The minimum Gasteiger partial charge on any atom is -0.368 e. The maximum atomic E-state index is 13.2. The van der Waals surface area contributed by atoms with E-state index < -0.39 is 23.2 Å². The Kier molecular flexibility index (Phi) is 5.75. The van der Waals surface area contributed by atoms with E-state index in [4.69, 9.17) is 11.5 Å². The second-order valence-electron chi connectivity index (χ2n) is 6.21. The Hall–Kier alpha value is -3.00. The molecule has 0 aliphatic heterocycles. The molecule has 0 saturated carbocycles.